The Hall–Kier alpha value is -2.28. The second-order valence-corrected chi connectivity index (χ2v) is 8.13. The van der Waals surface area contributed by atoms with Crippen LogP contribution in [0, 0.1) is 0 Å². The zero-order valence-corrected chi connectivity index (χ0v) is 18.0. The van der Waals surface area contributed by atoms with Gasteiger partial charge in [-0.3, -0.25) is 4.79 Å². The van der Waals surface area contributed by atoms with Crippen molar-refractivity contribution < 1.29 is 9.90 Å². The highest BCUT2D eigenvalue weighted by atomic mass is 35.5. The second-order valence-electron chi connectivity index (χ2n) is 7.34. The van der Waals surface area contributed by atoms with Gasteiger partial charge in [0.1, 0.15) is 0 Å². The lowest BCUT2D eigenvalue weighted by Gasteiger charge is -2.30. The van der Waals surface area contributed by atoms with E-state index in [1.165, 1.54) is 0 Å². The maximum absolute atomic E-state index is 13.4. The minimum Gasteiger partial charge on any atom is -0.478 e. The number of nitrogens with zero attached hydrogens (tertiary/aromatic N) is 2. The minimum absolute atomic E-state index is 0.0878. The molecule has 2 heterocycles. The molecule has 6 nitrogen and oxygen atoms in total. The molecule has 1 atom stereocenters. The summed E-state index contributed by atoms with van der Waals surface area (Å²) in [6, 6.07) is 6.86. The first-order valence-corrected chi connectivity index (χ1v) is 10.0. The van der Waals surface area contributed by atoms with Gasteiger partial charge in [-0.05, 0) is 51.7 Å². The summed E-state index contributed by atoms with van der Waals surface area (Å²) >= 11 is 12.6. The average molecular weight is 436 g/mol. The Balaban J connectivity index is 2.19. The lowest BCUT2D eigenvalue weighted by atomic mass is 9.81. The fourth-order valence-corrected chi connectivity index (χ4v) is 4.10. The number of anilines is 1. The monoisotopic (exact) mass is 435 g/mol. The number of carbonyl (C=O) groups is 1. The van der Waals surface area contributed by atoms with Gasteiger partial charge in [0.05, 0.1) is 27.1 Å². The van der Waals surface area contributed by atoms with E-state index in [9.17, 15) is 14.7 Å². The van der Waals surface area contributed by atoms with Crippen LogP contribution in [0.1, 0.15) is 30.4 Å². The number of aliphatic carboxylic acids is 1. The Labute approximate surface area is 179 Å². The number of hydrogen-bond donors (Lipinski definition) is 2. The zero-order chi connectivity index (χ0) is 21.3. The number of pyridine rings is 1. The normalized spacial score (nSPS) is 16.0. The molecule has 1 aromatic carbocycles. The van der Waals surface area contributed by atoms with Crippen molar-refractivity contribution in [3.63, 3.8) is 0 Å². The van der Waals surface area contributed by atoms with Gasteiger partial charge in [0.15, 0.2) is 0 Å². The minimum atomic E-state index is -1.11. The molecule has 0 saturated heterocycles. The predicted octanol–water partition coefficient (Wildman–Crippen LogP) is 4.02. The summed E-state index contributed by atoms with van der Waals surface area (Å²) in [5, 5.41) is 13.5. The Morgan fingerprint density at radius 2 is 2.00 bits per heavy atom. The maximum atomic E-state index is 13.4. The van der Waals surface area contributed by atoms with Crippen LogP contribution in [0.2, 0.25) is 10.0 Å². The summed E-state index contributed by atoms with van der Waals surface area (Å²) in [6.07, 6.45) is 2.53. The van der Waals surface area contributed by atoms with Crippen molar-refractivity contribution in [3.8, 4) is 0 Å². The zero-order valence-electron chi connectivity index (χ0n) is 16.5. The van der Waals surface area contributed by atoms with E-state index in [0.29, 0.717) is 34.1 Å². The van der Waals surface area contributed by atoms with Gasteiger partial charge in [0.25, 0.3) is 5.56 Å². The Morgan fingerprint density at radius 3 is 2.66 bits per heavy atom. The SMILES string of the molecule is CC1=C(C(=O)O)C(c2cccc(Cl)c2Cl)c2c(ccn(CCCN(C)C)c2=O)N1. The number of halogens is 2. The predicted molar refractivity (Wildman–Crippen MR) is 116 cm³/mol. The van der Waals surface area contributed by atoms with E-state index in [0.717, 1.165) is 13.0 Å². The first-order valence-electron chi connectivity index (χ1n) is 9.25. The van der Waals surface area contributed by atoms with Crippen LogP contribution in [0.3, 0.4) is 0 Å². The molecule has 0 fully saturated rings. The summed E-state index contributed by atoms with van der Waals surface area (Å²) in [7, 11) is 3.95. The summed E-state index contributed by atoms with van der Waals surface area (Å²) in [6.45, 7) is 3.05. The highest BCUT2D eigenvalue weighted by molar-refractivity contribution is 6.42. The van der Waals surface area contributed by atoms with Crippen LogP contribution in [-0.4, -0.2) is 41.2 Å². The summed E-state index contributed by atoms with van der Waals surface area (Å²) < 4.78 is 1.62. The molecule has 0 radical (unpaired) electrons. The third-order valence-corrected chi connectivity index (χ3v) is 5.87. The second kappa shape index (κ2) is 8.61. The van der Waals surface area contributed by atoms with E-state index in [4.69, 9.17) is 23.2 Å². The Morgan fingerprint density at radius 1 is 1.28 bits per heavy atom. The number of aromatic nitrogens is 1. The largest absolute Gasteiger partial charge is 0.478 e. The number of allylic oxidation sites excluding steroid dienone is 1. The van der Waals surface area contributed by atoms with Crippen molar-refractivity contribution in [3.05, 3.63) is 73.3 Å². The topological polar surface area (TPSA) is 74.6 Å². The van der Waals surface area contributed by atoms with Crippen LogP contribution in [0.15, 0.2) is 46.5 Å². The summed E-state index contributed by atoms with van der Waals surface area (Å²) in [5.74, 6) is -1.92. The van der Waals surface area contributed by atoms with Crippen molar-refractivity contribution >= 4 is 34.9 Å². The third kappa shape index (κ3) is 4.20. The number of carboxylic acid groups (broad SMARTS) is 1. The van der Waals surface area contributed by atoms with Gasteiger partial charge in [0.2, 0.25) is 0 Å². The van der Waals surface area contributed by atoms with Crippen molar-refractivity contribution in [2.24, 2.45) is 0 Å². The van der Waals surface area contributed by atoms with E-state index in [1.807, 2.05) is 19.0 Å². The molecular formula is C21H23Cl2N3O3. The smallest absolute Gasteiger partial charge is 0.334 e. The average Bonchev–Trinajstić information content (AvgIpc) is 2.64. The van der Waals surface area contributed by atoms with Gasteiger partial charge in [-0.15, -0.1) is 0 Å². The van der Waals surface area contributed by atoms with Gasteiger partial charge < -0.3 is 19.9 Å². The molecule has 8 heteroatoms. The fraction of sp³-hybridized carbons (Fsp3) is 0.333. The van der Waals surface area contributed by atoms with Gasteiger partial charge in [0, 0.05) is 24.1 Å². The lowest BCUT2D eigenvalue weighted by Crippen LogP contribution is -2.33. The van der Waals surface area contributed by atoms with Crippen LogP contribution in [0.4, 0.5) is 5.69 Å². The molecular weight excluding hydrogens is 413 g/mol. The van der Waals surface area contributed by atoms with E-state index in [1.54, 1.807) is 42.0 Å². The van der Waals surface area contributed by atoms with Crippen molar-refractivity contribution in [1.29, 1.82) is 0 Å². The van der Waals surface area contributed by atoms with Crippen LogP contribution >= 0.6 is 23.2 Å². The quantitative estimate of drug-likeness (QED) is 0.716. The standard InChI is InChI=1S/C21H23Cl2N3O3/c1-12-16(21(28)29)17(13-6-4-7-14(22)19(13)23)18-15(24-12)8-11-26(20(18)27)10-5-9-25(2)3/h4,6-8,11,17,24H,5,9-10H2,1-3H3,(H,28,29). The van der Waals surface area contributed by atoms with E-state index in [2.05, 4.69) is 5.32 Å². The number of nitrogens with one attached hydrogen (secondary N) is 1. The lowest BCUT2D eigenvalue weighted by molar-refractivity contribution is -0.133. The molecule has 0 bridgehead atoms. The first-order chi connectivity index (χ1) is 13.7. The van der Waals surface area contributed by atoms with Crippen molar-refractivity contribution in [2.75, 3.05) is 26.0 Å². The molecule has 2 N–H and O–H groups in total. The van der Waals surface area contributed by atoms with E-state index in [-0.39, 0.29) is 16.2 Å². The highest BCUT2D eigenvalue weighted by Gasteiger charge is 2.36. The molecule has 1 aromatic heterocycles. The van der Waals surface area contributed by atoms with E-state index < -0.39 is 11.9 Å². The van der Waals surface area contributed by atoms with Gasteiger partial charge in [-0.2, -0.15) is 0 Å². The molecule has 29 heavy (non-hydrogen) atoms. The van der Waals surface area contributed by atoms with Crippen molar-refractivity contribution in [1.82, 2.24) is 9.47 Å². The molecule has 0 amide bonds. The molecule has 0 aliphatic carbocycles. The highest BCUT2D eigenvalue weighted by Crippen LogP contribution is 2.43. The van der Waals surface area contributed by atoms with Crippen LogP contribution in [-0.2, 0) is 11.3 Å². The maximum Gasteiger partial charge on any atom is 0.334 e. The third-order valence-electron chi connectivity index (χ3n) is 5.03. The number of carboxylic acids is 1. The first kappa shape index (κ1) is 21.4. The molecule has 1 unspecified atom stereocenters. The number of benzene rings is 1. The molecule has 1 aliphatic rings. The van der Waals surface area contributed by atoms with E-state index >= 15 is 0 Å². The Kier molecular flexibility index (Phi) is 6.36. The molecule has 1 aliphatic heterocycles. The number of rotatable bonds is 6. The van der Waals surface area contributed by atoms with Gasteiger partial charge in [-0.1, -0.05) is 35.3 Å². The number of aryl methyl sites for hydroxylation is 1. The molecule has 0 saturated carbocycles. The Bertz CT molecular complexity index is 1040. The summed E-state index contributed by atoms with van der Waals surface area (Å²) in [5.41, 5.74) is 1.77. The molecule has 154 valence electrons. The number of hydrogen-bond acceptors (Lipinski definition) is 4. The van der Waals surface area contributed by atoms with Gasteiger partial charge >= 0.3 is 5.97 Å². The van der Waals surface area contributed by atoms with Crippen LogP contribution in [0.25, 0.3) is 0 Å². The fourth-order valence-electron chi connectivity index (χ4n) is 3.68. The number of fused-ring (bicyclic) bond motifs is 1. The summed E-state index contributed by atoms with van der Waals surface area (Å²) in [4.78, 5) is 27.5. The molecule has 2 aromatic rings. The van der Waals surface area contributed by atoms with Crippen LogP contribution < -0.4 is 10.9 Å². The molecule has 3 rings (SSSR count). The van der Waals surface area contributed by atoms with Gasteiger partial charge in [-0.25, -0.2) is 4.79 Å². The van der Waals surface area contributed by atoms with Crippen LogP contribution in [0.5, 0.6) is 0 Å². The molecule has 0 spiro atoms. The van der Waals surface area contributed by atoms with Crippen molar-refractivity contribution in [2.45, 2.75) is 25.8 Å².